The minimum absolute atomic E-state index is 1.00. The van der Waals surface area contributed by atoms with Crippen molar-refractivity contribution in [3.8, 4) is 0 Å². The summed E-state index contributed by atoms with van der Waals surface area (Å²) in [4.78, 5) is 2.64. The van der Waals surface area contributed by atoms with E-state index in [-0.39, 0.29) is 0 Å². The van der Waals surface area contributed by atoms with Gasteiger partial charge in [0.05, 0.1) is 0 Å². The van der Waals surface area contributed by atoms with E-state index in [1.54, 1.807) is 0 Å². The Bertz CT molecular complexity index is 354. The van der Waals surface area contributed by atoms with E-state index in [1.165, 1.54) is 56.3 Å². The molecule has 0 saturated carbocycles. The number of nitrogens with zero attached hydrogens (tertiary/aromatic N) is 1. The van der Waals surface area contributed by atoms with E-state index in [4.69, 9.17) is 0 Å². The molecule has 0 aromatic heterocycles. The van der Waals surface area contributed by atoms with Crippen LogP contribution in [-0.2, 0) is 13.1 Å². The van der Waals surface area contributed by atoms with E-state index in [0.717, 1.165) is 19.6 Å². The van der Waals surface area contributed by atoms with Crippen molar-refractivity contribution in [1.29, 1.82) is 0 Å². The molecule has 0 amide bonds. The summed E-state index contributed by atoms with van der Waals surface area (Å²) in [5.74, 6) is 0. The van der Waals surface area contributed by atoms with Crippen LogP contribution in [0.5, 0.6) is 0 Å². The maximum absolute atomic E-state index is 3.45. The van der Waals surface area contributed by atoms with E-state index in [2.05, 4.69) is 41.4 Å². The first-order valence-corrected chi connectivity index (χ1v) is 7.90. The fourth-order valence-electron chi connectivity index (χ4n) is 2.86. The zero-order valence-electron chi connectivity index (χ0n) is 12.3. The first-order valence-electron chi connectivity index (χ1n) is 7.90. The van der Waals surface area contributed by atoms with E-state index in [0.29, 0.717) is 0 Å². The Kier molecular flexibility index (Phi) is 6.38. The Morgan fingerprint density at radius 2 is 1.58 bits per heavy atom. The summed E-state index contributed by atoms with van der Waals surface area (Å²) < 4.78 is 0. The maximum atomic E-state index is 3.45. The highest BCUT2D eigenvalue weighted by Gasteiger charge is 2.10. The van der Waals surface area contributed by atoms with Gasteiger partial charge in [-0.15, -0.1) is 0 Å². The van der Waals surface area contributed by atoms with E-state index < -0.39 is 0 Å². The predicted molar refractivity (Wildman–Crippen MR) is 82.2 cm³/mol. The second-order valence-electron chi connectivity index (χ2n) is 5.59. The average molecular weight is 260 g/mol. The summed E-state index contributed by atoms with van der Waals surface area (Å²) in [6.45, 7) is 7.88. The molecule has 2 heteroatoms. The standard InChI is InChI=1S/C17H28N2/c1-2-18-14-16-10-6-7-11-17(16)15-19-12-8-4-3-5-9-13-19/h6-7,10-11,18H,2-5,8-9,12-15H2,1H3. The second-order valence-corrected chi connectivity index (χ2v) is 5.59. The summed E-state index contributed by atoms with van der Waals surface area (Å²) in [5.41, 5.74) is 2.97. The van der Waals surface area contributed by atoms with Gasteiger partial charge in [-0.2, -0.15) is 0 Å². The van der Waals surface area contributed by atoms with E-state index >= 15 is 0 Å². The Balaban J connectivity index is 1.96. The third kappa shape index (κ3) is 4.96. The van der Waals surface area contributed by atoms with Crippen molar-refractivity contribution in [1.82, 2.24) is 10.2 Å². The summed E-state index contributed by atoms with van der Waals surface area (Å²) in [5, 5.41) is 3.45. The van der Waals surface area contributed by atoms with Gasteiger partial charge in [0, 0.05) is 13.1 Å². The molecule has 1 aromatic rings. The second kappa shape index (κ2) is 8.34. The molecule has 0 spiro atoms. The van der Waals surface area contributed by atoms with Gasteiger partial charge in [0.2, 0.25) is 0 Å². The molecule has 0 unspecified atom stereocenters. The number of hydrogen-bond donors (Lipinski definition) is 1. The van der Waals surface area contributed by atoms with Gasteiger partial charge in [0.15, 0.2) is 0 Å². The monoisotopic (exact) mass is 260 g/mol. The smallest absolute Gasteiger partial charge is 0.0236 e. The fourth-order valence-corrected chi connectivity index (χ4v) is 2.86. The molecule has 0 aliphatic carbocycles. The van der Waals surface area contributed by atoms with Crippen molar-refractivity contribution in [3.63, 3.8) is 0 Å². The van der Waals surface area contributed by atoms with Gasteiger partial charge in [-0.1, -0.05) is 50.5 Å². The molecule has 0 radical (unpaired) electrons. The van der Waals surface area contributed by atoms with Crippen molar-refractivity contribution in [2.75, 3.05) is 19.6 Å². The molecule has 2 nitrogen and oxygen atoms in total. The largest absolute Gasteiger partial charge is 0.313 e. The summed E-state index contributed by atoms with van der Waals surface area (Å²) in [7, 11) is 0. The van der Waals surface area contributed by atoms with Gasteiger partial charge in [-0.25, -0.2) is 0 Å². The van der Waals surface area contributed by atoms with Gasteiger partial charge in [0.1, 0.15) is 0 Å². The van der Waals surface area contributed by atoms with Crippen molar-refractivity contribution < 1.29 is 0 Å². The molecule has 106 valence electrons. The van der Waals surface area contributed by atoms with Crippen LogP contribution in [0, 0.1) is 0 Å². The lowest BCUT2D eigenvalue weighted by Gasteiger charge is -2.25. The van der Waals surface area contributed by atoms with Gasteiger partial charge < -0.3 is 5.32 Å². The van der Waals surface area contributed by atoms with Crippen LogP contribution in [0.25, 0.3) is 0 Å². The Morgan fingerprint density at radius 1 is 0.947 bits per heavy atom. The van der Waals surface area contributed by atoms with E-state index in [1.807, 2.05) is 0 Å². The molecule has 1 fully saturated rings. The molecule has 1 saturated heterocycles. The third-order valence-electron chi connectivity index (χ3n) is 4.03. The van der Waals surface area contributed by atoms with Crippen LogP contribution < -0.4 is 5.32 Å². The normalized spacial score (nSPS) is 17.9. The minimum Gasteiger partial charge on any atom is -0.313 e. The fraction of sp³-hybridized carbons (Fsp3) is 0.647. The molecule has 2 rings (SSSR count). The van der Waals surface area contributed by atoms with Crippen molar-refractivity contribution in [2.45, 2.75) is 52.1 Å². The van der Waals surface area contributed by atoms with Gasteiger partial charge in [-0.3, -0.25) is 4.90 Å². The summed E-state index contributed by atoms with van der Waals surface area (Å²) >= 11 is 0. The molecule has 1 heterocycles. The van der Waals surface area contributed by atoms with Crippen LogP contribution in [0.3, 0.4) is 0 Å². The molecule has 1 aliphatic rings. The molecule has 0 atom stereocenters. The van der Waals surface area contributed by atoms with Crippen LogP contribution in [0.4, 0.5) is 0 Å². The lowest BCUT2D eigenvalue weighted by Crippen LogP contribution is -2.27. The van der Waals surface area contributed by atoms with Crippen molar-refractivity contribution in [2.24, 2.45) is 0 Å². The zero-order valence-corrected chi connectivity index (χ0v) is 12.3. The van der Waals surface area contributed by atoms with Gasteiger partial charge in [0.25, 0.3) is 0 Å². The van der Waals surface area contributed by atoms with Crippen LogP contribution in [0.2, 0.25) is 0 Å². The number of hydrogen-bond acceptors (Lipinski definition) is 2. The quantitative estimate of drug-likeness (QED) is 0.871. The maximum Gasteiger partial charge on any atom is 0.0236 e. The highest BCUT2D eigenvalue weighted by molar-refractivity contribution is 5.27. The topological polar surface area (TPSA) is 15.3 Å². The number of benzene rings is 1. The number of rotatable bonds is 5. The third-order valence-corrected chi connectivity index (χ3v) is 4.03. The lowest BCUT2D eigenvalue weighted by molar-refractivity contribution is 0.239. The molecule has 19 heavy (non-hydrogen) atoms. The highest BCUT2D eigenvalue weighted by atomic mass is 15.1. The summed E-state index contributed by atoms with van der Waals surface area (Å²) in [6.07, 6.45) is 7.00. The van der Waals surface area contributed by atoms with Crippen LogP contribution >= 0.6 is 0 Å². The van der Waals surface area contributed by atoms with Crippen molar-refractivity contribution in [3.05, 3.63) is 35.4 Å². The molecular weight excluding hydrogens is 232 g/mol. The average Bonchev–Trinajstić information content (AvgIpc) is 2.40. The highest BCUT2D eigenvalue weighted by Crippen LogP contribution is 2.16. The van der Waals surface area contributed by atoms with E-state index in [9.17, 15) is 0 Å². The lowest BCUT2D eigenvalue weighted by atomic mass is 10.0. The first-order chi connectivity index (χ1) is 9.40. The van der Waals surface area contributed by atoms with Crippen LogP contribution in [0.1, 0.15) is 50.2 Å². The van der Waals surface area contributed by atoms with Crippen LogP contribution in [0.15, 0.2) is 24.3 Å². The molecule has 1 aliphatic heterocycles. The predicted octanol–water partition coefficient (Wildman–Crippen LogP) is 3.56. The number of nitrogens with one attached hydrogen (secondary N) is 1. The molecule has 1 aromatic carbocycles. The number of likely N-dealkylation sites (tertiary alicyclic amines) is 1. The van der Waals surface area contributed by atoms with Crippen molar-refractivity contribution >= 4 is 0 Å². The zero-order chi connectivity index (χ0) is 13.3. The van der Waals surface area contributed by atoms with Gasteiger partial charge in [-0.05, 0) is 43.6 Å². The molecule has 0 bridgehead atoms. The van der Waals surface area contributed by atoms with Crippen LogP contribution in [-0.4, -0.2) is 24.5 Å². The molecule has 1 N–H and O–H groups in total. The minimum atomic E-state index is 1.00. The Morgan fingerprint density at radius 3 is 2.26 bits per heavy atom. The summed E-state index contributed by atoms with van der Waals surface area (Å²) in [6, 6.07) is 8.89. The first kappa shape index (κ1) is 14.5. The Labute approximate surface area is 118 Å². The molecular formula is C17H28N2. The SMILES string of the molecule is CCNCc1ccccc1CN1CCCCCCC1. The van der Waals surface area contributed by atoms with Gasteiger partial charge >= 0.3 is 0 Å². The Hall–Kier alpha value is -0.860.